The van der Waals surface area contributed by atoms with E-state index in [1.807, 2.05) is 25.9 Å². The Morgan fingerprint density at radius 3 is 2.57 bits per heavy atom. The van der Waals surface area contributed by atoms with E-state index in [0.717, 1.165) is 38.5 Å². The van der Waals surface area contributed by atoms with Crippen molar-refractivity contribution in [1.29, 1.82) is 0 Å². The molecule has 1 aromatic heterocycles. The van der Waals surface area contributed by atoms with Gasteiger partial charge in [0.2, 0.25) is 5.91 Å². The summed E-state index contributed by atoms with van der Waals surface area (Å²) < 4.78 is 1.68. The number of hydrogen-bond acceptors (Lipinski definition) is 5. The molecule has 30 heavy (non-hydrogen) atoms. The van der Waals surface area contributed by atoms with Crippen molar-refractivity contribution in [2.45, 2.75) is 69.6 Å². The predicted molar refractivity (Wildman–Crippen MR) is 111 cm³/mol. The smallest absolute Gasteiger partial charge is 0.274 e. The van der Waals surface area contributed by atoms with Gasteiger partial charge in [-0.1, -0.05) is 12.8 Å². The fourth-order valence-electron chi connectivity index (χ4n) is 4.61. The summed E-state index contributed by atoms with van der Waals surface area (Å²) in [4.78, 5) is 47.4. The van der Waals surface area contributed by atoms with Crippen molar-refractivity contribution in [3.05, 3.63) is 17.7 Å². The number of hydrogen-bond donors (Lipinski definition) is 2. The predicted octanol–water partition coefficient (Wildman–Crippen LogP) is 0.610. The van der Waals surface area contributed by atoms with Crippen LogP contribution in [0.1, 0.15) is 66.4 Å². The van der Waals surface area contributed by atoms with Crippen LogP contribution in [0.2, 0.25) is 0 Å². The third kappa shape index (κ3) is 3.82. The van der Waals surface area contributed by atoms with E-state index in [2.05, 4.69) is 15.6 Å². The molecule has 2 heterocycles. The molecule has 1 atom stereocenters. The van der Waals surface area contributed by atoms with Crippen molar-refractivity contribution in [3.8, 4) is 0 Å². The summed E-state index contributed by atoms with van der Waals surface area (Å²) in [6, 6.07) is 0.234. The molecule has 1 aliphatic heterocycles. The molecule has 0 radical (unpaired) electrons. The Balaban J connectivity index is 1.58. The van der Waals surface area contributed by atoms with Gasteiger partial charge in [0, 0.05) is 25.2 Å². The lowest BCUT2D eigenvalue weighted by molar-refractivity contribution is -0.134. The van der Waals surface area contributed by atoms with Crippen molar-refractivity contribution < 1.29 is 14.4 Å². The van der Waals surface area contributed by atoms with E-state index in [9.17, 15) is 14.4 Å². The first-order valence-corrected chi connectivity index (χ1v) is 10.9. The van der Waals surface area contributed by atoms with Gasteiger partial charge < -0.3 is 25.0 Å². The van der Waals surface area contributed by atoms with E-state index >= 15 is 0 Å². The Bertz CT molecular complexity index is 840. The van der Waals surface area contributed by atoms with Gasteiger partial charge in [0.1, 0.15) is 11.2 Å². The molecule has 2 fully saturated rings. The molecule has 0 spiro atoms. The molecule has 9 nitrogen and oxygen atoms in total. The van der Waals surface area contributed by atoms with Crippen molar-refractivity contribution in [1.82, 2.24) is 30.0 Å². The average Bonchev–Trinajstić information content (AvgIpc) is 3.20. The fourth-order valence-corrected chi connectivity index (χ4v) is 4.61. The molecule has 4 rings (SSSR count). The third-order valence-electron chi connectivity index (χ3n) is 6.42. The highest BCUT2D eigenvalue weighted by Crippen LogP contribution is 2.39. The topological polar surface area (TPSA) is 99.6 Å². The zero-order valence-electron chi connectivity index (χ0n) is 18.1. The van der Waals surface area contributed by atoms with Crippen molar-refractivity contribution in [2.75, 3.05) is 27.2 Å². The van der Waals surface area contributed by atoms with Gasteiger partial charge in [-0.15, -0.1) is 0 Å². The van der Waals surface area contributed by atoms with Crippen molar-refractivity contribution in [2.24, 2.45) is 0 Å². The Morgan fingerprint density at radius 1 is 1.23 bits per heavy atom. The Morgan fingerprint density at radius 2 is 1.93 bits per heavy atom. The minimum absolute atomic E-state index is 0.0464. The zero-order valence-corrected chi connectivity index (χ0v) is 18.1. The molecule has 0 saturated heterocycles. The van der Waals surface area contributed by atoms with Gasteiger partial charge in [-0.2, -0.15) is 0 Å². The third-order valence-corrected chi connectivity index (χ3v) is 6.42. The number of likely N-dealkylation sites (N-methyl/N-ethyl adjacent to an activating group) is 1. The normalized spacial score (nSPS) is 24.3. The van der Waals surface area contributed by atoms with Gasteiger partial charge in [0.25, 0.3) is 11.8 Å². The van der Waals surface area contributed by atoms with E-state index in [1.54, 1.807) is 9.47 Å². The first kappa shape index (κ1) is 20.8. The lowest BCUT2D eigenvalue weighted by Gasteiger charge is -2.44. The minimum Gasteiger partial charge on any atom is -0.351 e. The Hall–Kier alpha value is -2.42. The molecule has 1 unspecified atom stereocenters. The van der Waals surface area contributed by atoms with Crippen LogP contribution in [0, 0.1) is 0 Å². The molecular formula is C21H32N6O3. The first-order chi connectivity index (χ1) is 14.3. The van der Waals surface area contributed by atoms with E-state index in [0.29, 0.717) is 19.6 Å². The molecular weight excluding hydrogens is 384 g/mol. The average molecular weight is 417 g/mol. The quantitative estimate of drug-likeness (QED) is 0.679. The number of imidazole rings is 1. The molecule has 2 aliphatic carbocycles. The van der Waals surface area contributed by atoms with E-state index in [-0.39, 0.29) is 41.2 Å². The van der Waals surface area contributed by atoms with E-state index in [4.69, 9.17) is 0 Å². The number of nitrogens with zero attached hydrogens (tertiary/aromatic N) is 4. The number of nitrogens with one attached hydrogen (secondary N) is 2. The molecule has 9 heteroatoms. The number of rotatable bonds is 7. The summed E-state index contributed by atoms with van der Waals surface area (Å²) in [5, 5.41) is 6.00. The minimum atomic E-state index is -0.979. The second kappa shape index (κ2) is 8.02. The van der Waals surface area contributed by atoms with Crippen LogP contribution < -0.4 is 10.6 Å². The van der Waals surface area contributed by atoms with Crippen molar-refractivity contribution in [3.63, 3.8) is 0 Å². The maximum Gasteiger partial charge on any atom is 0.274 e. The van der Waals surface area contributed by atoms with Crippen LogP contribution in [-0.4, -0.2) is 81.9 Å². The molecule has 1 aromatic rings. The Kier molecular flexibility index (Phi) is 5.57. The molecule has 164 valence electrons. The monoisotopic (exact) mass is 416 g/mol. The highest BCUT2D eigenvalue weighted by Gasteiger charge is 2.54. The number of carbonyl (C=O) groups excluding carboxylic acids is 3. The lowest BCUT2D eigenvalue weighted by atomic mass is 9.93. The molecule has 0 bridgehead atoms. The lowest BCUT2D eigenvalue weighted by Crippen LogP contribution is -2.65. The maximum atomic E-state index is 13.5. The van der Waals surface area contributed by atoms with Crippen LogP contribution in [0.15, 0.2) is 6.33 Å². The SMILES string of the molecule is CN(C)CCNC(=O)c1ncn2c1C(=O)N(C1CC1)C(C)(C(=O)NC1CCCC1)C2. The summed E-state index contributed by atoms with van der Waals surface area (Å²) in [7, 11) is 3.86. The second-order valence-corrected chi connectivity index (χ2v) is 9.26. The van der Waals surface area contributed by atoms with Crippen LogP contribution >= 0.6 is 0 Å². The largest absolute Gasteiger partial charge is 0.351 e. The molecule has 2 N–H and O–H groups in total. The standard InChI is InChI=1S/C21H32N6O3/c1-21(20(30)24-14-6-4-5-7-14)12-26-13-23-16(18(28)22-10-11-25(2)3)17(26)19(29)27(21)15-8-9-15/h13-15H,4-12H2,1-3H3,(H,22,28)(H,24,30). The van der Waals surface area contributed by atoms with E-state index in [1.165, 1.54) is 6.33 Å². The Labute approximate surface area is 177 Å². The van der Waals surface area contributed by atoms with Crippen LogP contribution in [0.4, 0.5) is 0 Å². The van der Waals surface area contributed by atoms with Crippen molar-refractivity contribution >= 4 is 17.7 Å². The first-order valence-electron chi connectivity index (χ1n) is 10.9. The summed E-state index contributed by atoms with van der Waals surface area (Å²) in [6.45, 7) is 3.32. The molecule has 3 amide bonds. The number of aromatic nitrogens is 2. The molecule has 2 saturated carbocycles. The van der Waals surface area contributed by atoms with Crippen LogP contribution in [0.3, 0.4) is 0 Å². The van der Waals surface area contributed by atoms with Crippen LogP contribution in [0.5, 0.6) is 0 Å². The van der Waals surface area contributed by atoms with Gasteiger partial charge in [-0.3, -0.25) is 14.4 Å². The number of fused-ring (bicyclic) bond motifs is 1. The van der Waals surface area contributed by atoms with Crippen LogP contribution in [-0.2, 0) is 11.3 Å². The highest BCUT2D eigenvalue weighted by atomic mass is 16.2. The number of carbonyl (C=O) groups is 3. The van der Waals surface area contributed by atoms with Gasteiger partial charge in [-0.25, -0.2) is 4.98 Å². The highest BCUT2D eigenvalue weighted by molar-refractivity contribution is 6.07. The van der Waals surface area contributed by atoms with Gasteiger partial charge >= 0.3 is 0 Å². The van der Waals surface area contributed by atoms with Crippen LogP contribution in [0.25, 0.3) is 0 Å². The summed E-state index contributed by atoms with van der Waals surface area (Å²) in [5.41, 5.74) is -0.550. The molecule has 0 aromatic carbocycles. The molecule has 3 aliphatic rings. The number of amides is 3. The zero-order chi connectivity index (χ0) is 21.5. The summed E-state index contributed by atoms with van der Waals surface area (Å²) in [5.74, 6) is -0.734. The summed E-state index contributed by atoms with van der Waals surface area (Å²) >= 11 is 0. The maximum absolute atomic E-state index is 13.5. The van der Waals surface area contributed by atoms with Gasteiger partial charge in [0.05, 0.1) is 12.9 Å². The second-order valence-electron chi connectivity index (χ2n) is 9.26. The van der Waals surface area contributed by atoms with Gasteiger partial charge in [-0.05, 0) is 46.7 Å². The van der Waals surface area contributed by atoms with Gasteiger partial charge in [0.15, 0.2) is 5.69 Å². The summed E-state index contributed by atoms with van der Waals surface area (Å²) in [6.07, 6.45) is 7.53. The fraction of sp³-hybridized carbons (Fsp3) is 0.714. The van der Waals surface area contributed by atoms with E-state index < -0.39 is 5.54 Å².